The van der Waals surface area contributed by atoms with Crippen LogP contribution in [0.3, 0.4) is 0 Å². The Morgan fingerprint density at radius 3 is 2.61 bits per heavy atom. The number of nitrogens with zero attached hydrogens (tertiary/aromatic N) is 3. The normalized spacial score (nSPS) is 14.6. The van der Waals surface area contributed by atoms with Gasteiger partial charge in [-0.3, -0.25) is 10.1 Å². The second kappa shape index (κ2) is 9.74. The number of ether oxygens (including phenoxy) is 1. The molecule has 0 fully saturated rings. The molecule has 172 valence electrons. The van der Waals surface area contributed by atoms with Gasteiger partial charge < -0.3 is 19.8 Å². The maximum atomic E-state index is 11.3. The molecule has 0 saturated heterocycles. The Morgan fingerprint density at radius 2 is 1.94 bits per heavy atom. The maximum absolute atomic E-state index is 11.3. The summed E-state index contributed by atoms with van der Waals surface area (Å²) in [6.07, 6.45) is -1.06. The number of benzene rings is 2. The van der Waals surface area contributed by atoms with Gasteiger partial charge in [0.05, 0.1) is 54.8 Å². The molecule has 1 aliphatic heterocycles. The SMILES string of the molecule is COc1nc(CNC(C(=O)O)C(C)O)nc2c1CN(c1cccc(-c3ccccc3)c1Cl)C2. The fraction of sp³-hybridized carbons (Fsp3) is 0.292. The summed E-state index contributed by atoms with van der Waals surface area (Å²) in [6.45, 7) is 2.55. The largest absolute Gasteiger partial charge is 0.481 e. The van der Waals surface area contributed by atoms with E-state index in [1.807, 2.05) is 48.5 Å². The number of methoxy groups -OCH3 is 1. The van der Waals surface area contributed by atoms with Crippen molar-refractivity contribution in [3.63, 3.8) is 0 Å². The average Bonchev–Trinajstić information content (AvgIpc) is 3.23. The van der Waals surface area contributed by atoms with Gasteiger partial charge in [0, 0.05) is 5.56 Å². The number of nitrogens with one attached hydrogen (secondary N) is 1. The number of carboxylic acid groups (broad SMARTS) is 1. The number of anilines is 1. The summed E-state index contributed by atoms with van der Waals surface area (Å²) in [7, 11) is 1.54. The standard InChI is InChI=1S/C24H25ClN4O4/c1-14(30)22(24(31)32)26-11-20-27-18-13-29(12-17(18)23(28-20)33-2)19-10-6-9-16(21(19)25)15-7-4-3-5-8-15/h3-10,14,22,26,30H,11-13H2,1-2H3,(H,31,32). The number of rotatable bonds is 8. The molecule has 0 saturated carbocycles. The molecule has 2 aromatic carbocycles. The van der Waals surface area contributed by atoms with Crippen LogP contribution in [0, 0.1) is 0 Å². The number of hydrogen-bond donors (Lipinski definition) is 3. The third-order valence-corrected chi connectivity index (χ3v) is 6.01. The predicted molar refractivity (Wildman–Crippen MR) is 125 cm³/mol. The molecule has 0 amide bonds. The summed E-state index contributed by atoms with van der Waals surface area (Å²) < 4.78 is 5.50. The highest BCUT2D eigenvalue weighted by Gasteiger charge is 2.29. The summed E-state index contributed by atoms with van der Waals surface area (Å²) in [5.74, 6) is -0.306. The van der Waals surface area contributed by atoms with Crippen molar-refractivity contribution in [3.8, 4) is 17.0 Å². The van der Waals surface area contributed by atoms with E-state index in [9.17, 15) is 15.0 Å². The average molecular weight is 469 g/mol. The van der Waals surface area contributed by atoms with Crippen molar-refractivity contribution in [2.24, 2.45) is 0 Å². The van der Waals surface area contributed by atoms with Gasteiger partial charge in [0.25, 0.3) is 0 Å². The summed E-state index contributed by atoms with van der Waals surface area (Å²) in [6, 6.07) is 14.8. The molecule has 1 aliphatic rings. The highest BCUT2D eigenvalue weighted by molar-refractivity contribution is 6.36. The minimum atomic E-state index is -1.14. The number of aromatic nitrogens is 2. The second-order valence-electron chi connectivity index (χ2n) is 7.87. The van der Waals surface area contributed by atoms with Crippen molar-refractivity contribution in [2.45, 2.75) is 38.7 Å². The number of hydrogen-bond acceptors (Lipinski definition) is 7. The molecule has 33 heavy (non-hydrogen) atoms. The first-order chi connectivity index (χ1) is 15.9. The van der Waals surface area contributed by atoms with Crippen LogP contribution in [0.5, 0.6) is 5.88 Å². The number of aliphatic hydroxyl groups excluding tert-OH is 1. The lowest BCUT2D eigenvalue weighted by molar-refractivity contribution is -0.142. The van der Waals surface area contributed by atoms with E-state index in [2.05, 4.69) is 20.2 Å². The van der Waals surface area contributed by atoms with Crippen LogP contribution < -0.4 is 15.0 Å². The summed E-state index contributed by atoms with van der Waals surface area (Å²) in [5.41, 5.74) is 4.54. The molecule has 0 radical (unpaired) electrons. The minimum absolute atomic E-state index is 0.0791. The molecule has 8 nitrogen and oxygen atoms in total. The minimum Gasteiger partial charge on any atom is -0.481 e. The second-order valence-corrected chi connectivity index (χ2v) is 8.25. The van der Waals surface area contributed by atoms with E-state index < -0.39 is 18.1 Å². The molecule has 2 heterocycles. The summed E-state index contributed by atoms with van der Waals surface area (Å²) in [5, 5.41) is 22.4. The van der Waals surface area contributed by atoms with E-state index in [1.54, 1.807) is 7.11 Å². The quantitative estimate of drug-likeness (QED) is 0.462. The van der Waals surface area contributed by atoms with E-state index in [0.29, 0.717) is 29.8 Å². The van der Waals surface area contributed by atoms with Crippen LogP contribution in [0.2, 0.25) is 5.02 Å². The topological polar surface area (TPSA) is 108 Å². The van der Waals surface area contributed by atoms with Crippen molar-refractivity contribution < 1.29 is 19.7 Å². The Kier molecular flexibility index (Phi) is 6.78. The van der Waals surface area contributed by atoms with Gasteiger partial charge in [-0.2, -0.15) is 4.98 Å². The van der Waals surface area contributed by atoms with Gasteiger partial charge in [-0.05, 0) is 18.6 Å². The molecule has 2 atom stereocenters. The first-order valence-corrected chi connectivity index (χ1v) is 10.9. The van der Waals surface area contributed by atoms with Crippen LogP contribution in [0.25, 0.3) is 11.1 Å². The number of fused-ring (bicyclic) bond motifs is 1. The van der Waals surface area contributed by atoms with Crippen molar-refractivity contribution in [3.05, 3.63) is 70.6 Å². The zero-order valence-electron chi connectivity index (χ0n) is 18.3. The Balaban J connectivity index is 1.59. The van der Waals surface area contributed by atoms with Gasteiger partial charge in [0.15, 0.2) is 0 Å². The Hall–Kier alpha value is -3.20. The third kappa shape index (κ3) is 4.78. The molecular weight excluding hydrogens is 444 g/mol. The zero-order chi connectivity index (χ0) is 23.5. The van der Waals surface area contributed by atoms with E-state index >= 15 is 0 Å². The van der Waals surface area contributed by atoms with Crippen molar-refractivity contribution >= 4 is 23.3 Å². The molecule has 0 aliphatic carbocycles. The van der Waals surface area contributed by atoms with Gasteiger partial charge in [0.1, 0.15) is 11.9 Å². The monoisotopic (exact) mass is 468 g/mol. The smallest absolute Gasteiger partial charge is 0.323 e. The van der Waals surface area contributed by atoms with Crippen LogP contribution in [0.15, 0.2) is 48.5 Å². The number of carbonyl (C=O) groups is 1. The van der Waals surface area contributed by atoms with Crippen LogP contribution in [0.1, 0.15) is 24.0 Å². The van der Waals surface area contributed by atoms with Crippen LogP contribution >= 0.6 is 11.6 Å². The Morgan fingerprint density at radius 1 is 1.18 bits per heavy atom. The molecule has 9 heteroatoms. The lowest BCUT2D eigenvalue weighted by Gasteiger charge is -2.20. The molecule has 3 N–H and O–H groups in total. The van der Waals surface area contributed by atoms with E-state index in [0.717, 1.165) is 28.1 Å². The van der Waals surface area contributed by atoms with Crippen LogP contribution in [-0.4, -0.2) is 45.4 Å². The van der Waals surface area contributed by atoms with Gasteiger partial charge in [0.2, 0.25) is 5.88 Å². The highest BCUT2D eigenvalue weighted by Crippen LogP contribution is 2.40. The zero-order valence-corrected chi connectivity index (χ0v) is 19.1. The lowest BCUT2D eigenvalue weighted by Crippen LogP contribution is -2.44. The molecule has 4 rings (SSSR count). The van der Waals surface area contributed by atoms with E-state index in [1.165, 1.54) is 6.92 Å². The number of aliphatic carboxylic acids is 1. The summed E-state index contributed by atoms with van der Waals surface area (Å²) >= 11 is 6.82. The third-order valence-electron chi connectivity index (χ3n) is 5.62. The molecule has 0 bridgehead atoms. The fourth-order valence-corrected chi connectivity index (χ4v) is 4.32. The van der Waals surface area contributed by atoms with Crippen molar-refractivity contribution in [1.29, 1.82) is 0 Å². The first kappa shape index (κ1) is 23.0. The fourth-order valence-electron chi connectivity index (χ4n) is 3.96. The Labute approximate surface area is 196 Å². The van der Waals surface area contributed by atoms with Gasteiger partial charge in [-0.25, -0.2) is 4.98 Å². The van der Waals surface area contributed by atoms with E-state index in [4.69, 9.17) is 16.3 Å². The number of carboxylic acids is 1. The van der Waals surface area contributed by atoms with Crippen LogP contribution in [0.4, 0.5) is 5.69 Å². The highest BCUT2D eigenvalue weighted by atomic mass is 35.5. The molecule has 1 aromatic heterocycles. The number of aliphatic hydroxyl groups is 1. The van der Waals surface area contributed by atoms with Gasteiger partial charge in [-0.15, -0.1) is 0 Å². The van der Waals surface area contributed by atoms with Gasteiger partial charge >= 0.3 is 5.97 Å². The number of halogens is 1. The van der Waals surface area contributed by atoms with Crippen molar-refractivity contribution in [1.82, 2.24) is 15.3 Å². The summed E-state index contributed by atoms with van der Waals surface area (Å²) in [4.78, 5) is 22.5. The van der Waals surface area contributed by atoms with E-state index in [-0.39, 0.29) is 6.54 Å². The van der Waals surface area contributed by atoms with Gasteiger partial charge in [-0.1, -0.05) is 54.1 Å². The van der Waals surface area contributed by atoms with Crippen LogP contribution in [-0.2, 0) is 24.4 Å². The molecular formula is C24H25ClN4O4. The lowest BCUT2D eigenvalue weighted by atomic mass is 10.0. The molecule has 2 unspecified atom stereocenters. The molecule has 0 spiro atoms. The Bertz CT molecular complexity index is 1160. The van der Waals surface area contributed by atoms with Crippen molar-refractivity contribution in [2.75, 3.05) is 12.0 Å². The molecule has 3 aromatic rings. The predicted octanol–water partition coefficient (Wildman–Crippen LogP) is 3.25. The maximum Gasteiger partial charge on any atom is 0.323 e. The first-order valence-electron chi connectivity index (χ1n) is 10.5.